The van der Waals surface area contributed by atoms with Gasteiger partial charge >= 0.3 is 0 Å². The first kappa shape index (κ1) is 37.6. The summed E-state index contributed by atoms with van der Waals surface area (Å²) in [5, 5.41) is 21.9. The quantitative estimate of drug-likeness (QED) is 0.0466. The molecule has 1 unspecified atom stereocenters. The lowest BCUT2D eigenvalue weighted by Gasteiger charge is -2.24. The van der Waals surface area contributed by atoms with Crippen LogP contribution in [0.1, 0.15) is 194 Å². The fourth-order valence-electron chi connectivity index (χ4n) is 5.62. The molecule has 1 atom stereocenters. The van der Waals surface area contributed by atoms with E-state index in [1.54, 1.807) is 0 Å². The van der Waals surface area contributed by atoms with E-state index < -0.39 is 17.2 Å². The van der Waals surface area contributed by atoms with Gasteiger partial charge in [-0.05, 0) is 12.8 Å². The molecule has 0 saturated heterocycles. The number of hydrogen-bond acceptors (Lipinski definition) is 5. The van der Waals surface area contributed by atoms with Gasteiger partial charge in [-0.3, -0.25) is 10.1 Å². The van der Waals surface area contributed by atoms with Crippen molar-refractivity contribution < 1.29 is 14.8 Å². The molecule has 0 heterocycles. The van der Waals surface area contributed by atoms with Crippen LogP contribution in [0.3, 0.4) is 0 Å². The zero-order chi connectivity index (χ0) is 28.9. The van der Waals surface area contributed by atoms with Gasteiger partial charge in [-0.1, -0.05) is 168 Å². The highest BCUT2D eigenvalue weighted by molar-refractivity contribution is 4.79. The second-order valence-corrected chi connectivity index (χ2v) is 12.0. The number of rotatable bonds is 32. The van der Waals surface area contributed by atoms with E-state index in [1.807, 2.05) is 0 Å². The third-order valence-electron chi connectivity index (χ3n) is 8.32. The van der Waals surface area contributed by atoms with Crippen LogP contribution in [0, 0.1) is 20.2 Å². The largest absolute Gasteiger partial charge is 0.306 e. The minimum absolute atomic E-state index is 0.296. The van der Waals surface area contributed by atoms with Crippen LogP contribution in [-0.4, -0.2) is 22.2 Å². The maximum absolute atomic E-state index is 12.0. The number of hydrogen-bond donors (Lipinski definition) is 0. The predicted molar refractivity (Wildman–Crippen MR) is 163 cm³/mol. The normalized spacial score (nSPS) is 12.9. The van der Waals surface area contributed by atoms with Crippen molar-refractivity contribution in [2.24, 2.45) is 0 Å². The summed E-state index contributed by atoms with van der Waals surface area (Å²) in [6, 6.07) is 0. The molecule has 0 amide bonds. The number of nitrogens with zero attached hydrogens (tertiary/aromatic N) is 2. The van der Waals surface area contributed by atoms with Crippen LogP contribution in [0.15, 0.2) is 0 Å². The Morgan fingerprint density at radius 1 is 0.462 bits per heavy atom. The number of unbranched alkanes of at least 4 members (excludes halogenated alkanes) is 24. The van der Waals surface area contributed by atoms with Gasteiger partial charge in [-0.15, -0.1) is 10.1 Å². The second-order valence-electron chi connectivity index (χ2n) is 12.0. The molecule has 0 aromatic heterocycles. The summed E-state index contributed by atoms with van der Waals surface area (Å²) in [6.07, 6.45) is 32.5. The Morgan fingerprint density at radius 2 is 0.718 bits per heavy atom. The second kappa shape index (κ2) is 28.1. The Bertz CT molecular complexity index is 561. The van der Waals surface area contributed by atoms with Crippen LogP contribution in [0.25, 0.3) is 0 Å². The van der Waals surface area contributed by atoms with E-state index in [0.717, 1.165) is 38.5 Å². The van der Waals surface area contributed by atoms with E-state index in [0.29, 0.717) is 12.8 Å². The standard InChI is InChI=1S/C32H64N2O5/c1-3-5-7-9-11-13-15-16-17-18-19-20-22-24-26-28-30-32(33(35)36,31-39-34(37)38)29-27-25-23-21-14-12-10-8-6-4-2/h3-31H2,1-2H3. The third kappa shape index (κ3) is 24.1. The minimum Gasteiger partial charge on any atom is -0.306 e. The highest BCUT2D eigenvalue weighted by Gasteiger charge is 2.43. The maximum Gasteiger partial charge on any atom is 0.294 e. The maximum atomic E-state index is 12.0. The molecule has 0 fully saturated rings. The topological polar surface area (TPSA) is 95.5 Å². The third-order valence-corrected chi connectivity index (χ3v) is 8.32. The summed E-state index contributed by atoms with van der Waals surface area (Å²) < 4.78 is 0. The molecular formula is C32H64N2O5. The molecular weight excluding hydrogens is 492 g/mol. The molecule has 232 valence electrons. The van der Waals surface area contributed by atoms with Crippen molar-refractivity contribution in [1.82, 2.24) is 0 Å². The van der Waals surface area contributed by atoms with Crippen LogP contribution in [0.4, 0.5) is 0 Å². The van der Waals surface area contributed by atoms with Crippen LogP contribution < -0.4 is 0 Å². The van der Waals surface area contributed by atoms with E-state index in [2.05, 4.69) is 18.7 Å². The molecule has 0 N–H and O–H groups in total. The molecule has 0 aromatic carbocycles. The van der Waals surface area contributed by atoms with Gasteiger partial charge in [0.1, 0.15) is 0 Å². The fourth-order valence-corrected chi connectivity index (χ4v) is 5.62. The average Bonchev–Trinajstić information content (AvgIpc) is 2.91. The minimum atomic E-state index is -1.33. The molecule has 0 aliphatic heterocycles. The molecule has 0 aliphatic carbocycles. The fraction of sp³-hybridized carbons (Fsp3) is 1.00. The molecule has 0 spiro atoms. The van der Waals surface area contributed by atoms with Gasteiger partial charge in [0.2, 0.25) is 5.54 Å². The number of nitro groups is 1. The average molecular weight is 557 g/mol. The van der Waals surface area contributed by atoms with Crippen molar-refractivity contribution in [2.45, 2.75) is 199 Å². The molecule has 39 heavy (non-hydrogen) atoms. The molecule has 0 aromatic rings. The molecule has 0 aliphatic rings. The summed E-state index contributed by atoms with van der Waals surface area (Å²) in [5.74, 6) is 0. The summed E-state index contributed by atoms with van der Waals surface area (Å²) >= 11 is 0. The predicted octanol–water partition coefficient (Wildman–Crippen LogP) is 11.2. The van der Waals surface area contributed by atoms with Crippen LogP contribution in [0.5, 0.6) is 0 Å². The van der Waals surface area contributed by atoms with Gasteiger partial charge in [-0.25, -0.2) is 0 Å². The van der Waals surface area contributed by atoms with Gasteiger partial charge < -0.3 is 4.84 Å². The highest BCUT2D eigenvalue weighted by Crippen LogP contribution is 2.28. The van der Waals surface area contributed by atoms with Gasteiger partial charge in [0.15, 0.2) is 6.61 Å². The van der Waals surface area contributed by atoms with E-state index in [1.165, 1.54) is 128 Å². The van der Waals surface area contributed by atoms with Crippen LogP contribution in [-0.2, 0) is 4.84 Å². The van der Waals surface area contributed by atoms with Crippen molar-refractivity contribution in [2.75, 3.05) is 6.61 Å². The van der Waals surface area contributed by atoms with E-state index in [-0.39, 0.29) is 4.92 Å². The Hall–Kier alpha value is -1.40. The first-order chi connectivity index (χ1) is 19.0. The lowest BCUT2D eigenvalue weighted by Crippen LogP contribution is -2.43. The molecule has 0 rings (SSSR count). The monoisotopic (exact) mass is 556 g/mol. The summed E-state index contributed by atoms with van der Waals surface area (Å²) in [5.41, 5.74) is -1.33. The summed E-state index contributed by atoms with van der Waals surface area (Å²) in [4.78, 5) is 27.1. The lowest BCUT2D eigenvalue weighted by atomic mass is 9.87. The first-order valence-electron chi connectivity index (χ1n) is 16.9. The first-order valence-corrected chi connectivity index (χ1v) is 16.9. The zero-order valence-corrected chi connectivity index (χ0v) is 25.9. The van der Waals surface area contributed by atoms with Crippen molar-refractivity contribution in [3.05, 3.63) is 20.2 Å². The zero-order valence-electron chi connectivity index (χ0n) is 25.9. The molecule has 7 nitrogen and oxygen atoms in total. The van der Waals surface area contributed by atoms with Crippen molar-refractivity contribution >= 4 is 0 Å². The lowest BCUT2D eigenvalue weighted by molar-refractivity contribution is -0.770. The summed E-state index contributed by atoms with van der Waals surface area (Å²) in [7, 11) is 0. The Balaban J connectivity index is 4.01. The van der Waals surface area contributed by atoms with E-state index >= 15 is 0 Å². The van der Waals surface area contributed by atoms with Crippen molar-refractivity contribution in [3.8, 4) is 0 Å². The smallest absolute Gasteiger partial charge is 0.294 e. The van der Waals surface area contributed by atoms with E-state index in [4.69, 9.17) is 0 Å². The Kier molecular flexibility index (Phi) is 27.1. The van der Waals surface area contributed by atoms with Crippen LogP contribution >= 0.6 is 0 Å². The van der Waals surface area contributed by atoms with Gasteiger partial charge in [0, 0.05) is 17.8 Å². The van der Waals surface area contributed by atoms with Crippen molar-refractivity contribution in [3.63, 3.8) is 0 Å². The molecule has 0 bridgehead atoms. The highest BCUT2D eigenvalue weighted by atomic mass is 17.0. The molecule has 0 saturated carbocycles. The molecule has 0 radical (unpaired) electrons. The Labute approximate surface area is 240 Å². The van der Waals surface area contributed by atoms with Gasteiger partial charge in [0.25, 0.3) is 5.09 Å². The SMILES string of the molecule is CCCCCCCCCCCCCCCCCCC(CCCCCCCCCCCC)(CO[N+](=O)[O-])[N+](=O)[O-]. The molecule has 7 heteroatoms. The summed E-state index contributed by atoms with van der Waals surface area (Å²) in [6.45, 7) is 4.06. The van der Waals surface area contributed by atoms with E-state index in [9.17, 15) is 20.2 Å². The van der Waals surface area contributed by atoms with Gasteiger partial charge in [0.05, 0.1) is 0 Å². The van der Waals surface area contributed by atoms with Crippen molar-refractivity contribution in [1.29, 1.82) is 0 Å². The Morgan fingerprint density at radius 3 is 0.949 bits per heavy atom. The van der Waals surface area contributed by atoms with Gasteiger partial charge in [-0.2, -0.15) is 0 Å². The van der Waals surface area contributed by atoms with Crippen LogP contribution in [0.2, 0.25) is 0 Å².